The summed E-state index contributed by atoms with van der Waals surface area (Å²) in [6, 6.07) is 17.5. The second kappa shape index (κ2) is 13.3. The van der Waals surface area contributed by atoms with E-state index in [0.717, 1.165) is 9.87 Å². The molecule has 0 saturated heterocycles. The minimum absolute atomic E-state index is 0.0481. The van der Waals surface area contributed by atoms with Crippen molar-refractivity contribution in [1.82, 2.24) is 10.2 Å². The average molecular weight is 619 g/mol. The molecule has 0 aliphatic carbocycles. The van der Waals surface area contributed by atoms with Crippen LogP contribution in [0.2, 0.25) is 10.0 Å². The van der Waals surface area contributed by atoms with Crippen LogP contribution in [0.1, 0.15) is 50.8 Å². The van der Waals surface area contributed by atoms with Gasteiger partial charge in [0, 0.05) is 27.7 Å². The maximum Gasteiger partial charge on any atom is 0.264 e. The highest BCUT2D eigenvalue weighted by molar-refractivity contribution is 7.92. The van der Waals surface area contributed by atoms with Gasteiger partial charge in [-0.25, -0.2) is 8.42 Å². The molecule has 0 bridgehead atoms. The molecule has 0 aliphatic heterocycles. The van der Waals surface area contributed by atoms with Crippen LogP contribution in [0, 0.1) is 13.8 Å². The van der Waals surface area contributed by atoms with Crippen molar-refractivity contribution in [3.05, 3.63) is 93.5 Å². The average Bonchev–Trinajstić information content (AvgIpc) is 2.89. The lowest BCUT2D eigenvalue weighted by molar-refractivity contribution is -0.141. The maximum absolute atomic E-state index is 14.3. The highest BCUT2D eigenvalue weighted by Gasteiger charge is 2.35. The van der Waals surface area contributed by atoms with E-state index in [1.807, 2.05) is 39.8 Å². The number of hydrogen-bond acceptors (Lipinski definition) is 4. The minimum Gasteiger partial charge on any atom is -0.350 e. The molecule has 0 saturated carbocycles. The van der Waals surface area contributed by atoms with Crippen LogP contribution >= 0.6 is 23.2 Å². The maximum atomic E-state index is 14.3. The van der Waals surface area contributed by atoms with E-state index in [1.165, 1.54) is 17.0 Å². The molecule has 0 spiro atoms. The molecule has 0 heterocycles. The Morgan fingerprint density at radius 3 is 2.10 bits per heavy atom. The van der Waals surface area contributed by atoms with Gasteiger partial charge < -0.3 is 10.2 Å². The molecule has 0 aliphatic rings. The van der Waals surface area contributed by atoms with E-state index >= 15 is 0 Å². The van der Waals surface area contributed by atoms with Crippen LogP contribution in [0.5, 0.6) is 0 Å². The van der Waals surface area contributed by atoms with Crippen LogP contribution in [0.15, 0.2) is 71.6 Å². The summed E-state index contributed by atoms with van der Waals surface area (Å²) in [5.41, 5.74) is 1.81. The number of sulfonamides is 1. The Hall–Kier alpha value is -3.07. The fourth-order valence-corrected chi connectivity index (χ4v) is 6.46. The van der Waals surface area contributed by atoms with Gasteiger partial charge in [0.05, 0.1) is 10.6 Å². The number of nitrogens with zero attached hydrogens (tertiary/aromatic N) is 2. The molecular formula is C31H37Cl2N3O4S. The van der Waals surface area contributed by atoms with Crippen LogP contribution in [0.3, 0.4) is 0 Å². The lowest BCUT2D eigenvalue weighted by atomic mass is 10.1. The Balaban J connectivity index is 2.15. The smallest absolute Gasteiger partial charge is 0.264 e. The largest absolute Gasteiger partial charge is 0.350 e. The van der Waals surface area contributed by atoms with Crippen molar-refractivity contribution in [1.29, 1.82) is 0 Å². The second-order valence-corrected chi connectivity index (χ2v) is 13.7. The summed E-state index contributed by atoms with van der Waals surface area (Å²) in [4.78, 5) is 29.1. The van der Waals surface area contributed by atoms with E-state index in [4.69, 9.17) is 23.2 Å². The van der Waals surface area contributed by atoms with Crippen LogP contribution in [0.25, 0.3) is 0 Å². The van der Waals surface area contributed by atoms with Gasteiger partial charge in [-0.1, -0.05) is 66.5 Å². The van der Waals surface area contributed by atoms with Gasteiger partial charge in [0.15, 0.2) is 0 Å². The first-order valence-corrected chi connectivity index (χ1v) is 15.5. The molecule has 220 valence electrons. The topological polar surface area (TPSA) is 86.8 Å². The molecule has 10 heteroatoms. The van der Waals surface area contributed by atoms with Crippen molar-refractivity contribution in [2.24, 2.45) is 0 Å². The summed E-state index contributed by atoms with van der Waals surface area (Å²) in [7, 11) is -4.16. The van der Waals surface area contributed by atoms with E-state index in [9.17, 15) is 18.0 Å². The monoisotopic (exact) mass is 617 g/mol. The summed E-state index contributed by atoms with van der Waals surface area (Å²) in [6.07, 6.45) is 0.282. The van der Waals surface area contributed by atoms with E-state index in [2.05, 4.69) is 5.32 Å². The number of hydrogen-bond donors (Lipinski definition) is 1. The van der Waals surface area contributed by atoms with E-state index < -0.39 is 34.1 Å². The summed E-state index contributed by atoms with van der Waals surface area (Å²) in [5, 5.41) is 3.62. The first-order chi connectivity index (χ1) is 19.2. The minimum atomic E-state index is -4.16. The van der Waals surface area contributed by atoms with Gasteiger partial charge in [-0.15, -0.1) is 0 Å². The van der Waals surface area contributed by atoms with Gasteiger partial charge in [-0.2, -0.15) is 0 Å². The Morgan fingerprint density at radius 1 is 0.927 bits per heavy atom. The van der Waals surface area contributed by atoms with Crippen LogP contribution in [0.4, 0.5) is 5.69 Å². The van der Waals surface area contributed by atoms with Gasteiger partial charge in [0.2, 0.25) is 11.8 Å². The molecule has 0 fully saturated rings. The lowest BCUT2D eigenvalue weighted by Gasteiger charge is -2.35. The van der Waals surface area contributed by atoms with Crippen molar-refractivity contribution < 1.29 is 18.0 Å². The molecule has 41 heavy (non-hydrogen) atoms. The van der Waals surface area contributed by atoms with E-state index in [0.29, 0.717) is 26.9 Å². The zero-order chi connectivity index (χ0) is 30.5. The number of carbonyl (C=O) groups excluding carboxylic acids is 2. The Morgan fingerprint density at radius 2 is 1.54 bits per heavy atom. The second-order valence-electron chi connectivity index (χ2n) is 11.0. The van der Waals surface area contributed by atoms with E-state index in [1.54, 1.807) is 56.3 Å². The van der Waals surface area contributed by atoms with Crippen molar-refractivity contribution in [3.8, 4) is 0 Å². The van der Waals surface area contributed by atoms with Crippen molar-refractivity contribution >= 4 is 50.7 Å². The number of anilines is 1. The van der Waals surface area contributed by atoms with Gasteiger partial charge in [0.1, 0.15) is 12.6 Å². The van der Waals surface area contributed by atoms with Gasteiger partial charge >= 0.3 is 0 Å². The van der Waals surface area contributed by atoms with E-state index in [-0.39, 0.29) is 23.8 Å². The molecule has 3 aromatic rings. The van der Waals surface area contributed by atoms with Gasteiger partial charge in [-0.3, -0.25) is 13.9 Å². The predicted octanol–water partition coefficient (Wildman–Crippen LogP) is 6.53. The number of benzene rings is 3. The Bertz CT molecular complexity index is 1490. The summed E-state index contributed by atoms with van der Waals surface area (Å²) >= 11 is 13.0. The number of amides is 2. The molecule has 3 rings (SSSR count). The molecule has 2 amide bonds. The highest BCUT2D eigenvalue weighted by atomic mass is 35.5. The highest BCUT2D eigenvalue weighted by Crippen LogP contribution is 2.30. The number of carbonyl (C=O) groups is 2. The summed E-state index contributed by atoms with van der Waals surface area (Å²) < 4.78 is 29.1. The molecule has 7 nitrogen and oxygen atoms in total. The quantitative estimate of drug-likeness (QED) is 0.280. The fraction of sp³-hybridized carbons (Fsp3) is 0.355. The van der Waals surface area contributed by atoms with Gasteiger partial charge in [-0.05, 0) is 82.5 Å². The first-order valence-electron chi connectivity index (χ1n) is 13.3. The van der Waals surface area contributed by atoms with Crippen molar-refractivity contribution in [3.63, 3.8) is 0 Å². The van der Waals surface area contributed by atoms with Crippen LogP contribution < -0.4 is 9.62 Å². The van der Waals surface area contributed by atoms with Crippen molar-refractivity contribution in [2.75, 3.05) is 10.8 Å². The summed E-state index contributed by atoms with van der Waals surface area (Å²) in [5.74, 6) is -0.932. The number of nitrogens with one attached hydrogen (secondary N) is 1. The van der Waals surface area contributed by atoms with Crippen LogP contribution in [-0.4, -0.2) is 43.3 Å². The summed E-state index contributed by atoms with van der Waals surface area (Å²) in [6.45, 7) is 10.4. The number of aryl methyl sites for hydroxylation is 2. The molecule has 1 N–H and O–H groups in total. The Labute approximate surface area is 253 Å². The third kappa shape index (κ3) is 8.03. The molecule has 1 unspecified atom stereocenters. The predicted molar refractivity (Wildman–Crippen MR) is 166 cm³/mol. The molecule has 1 atom stereocenters. The lowest BCUT2D eigenvalue weighted by Crippen LogP contribution is -2.55. The van der Waals surface area contributed by atoms with Gasteiger partial charge in [0.25, 0.3) is 10.0 Å². The Kier molecular flexibility index (Phi) is 10.5. The third-order valence-corrected chi connectivity index (χ3v) is 9.00. The van der Waals surface area contributed by atoms with Crippen molar-refractivity contribution in [2.45, 2.75) is 71.0 Å². The fourth-order valence-electron chi connectivity index (χ4n) is 4.45. The first kappa shape index (κ1) is 32.4. The standard InChI is InChI=1S/C31H37Cl2N3O4S/c1-7-27(30(38)34-31(4,5)6)35(19-24-25(32)14-11-15-26(24)33)29(37)20-36(28-18-21(2)16-17-22(28)3)41(39,40)23-12-9-8-10-13-23/h8-18,27H,7,19-20H2,1-6H3,(H,34,38). The van der Waals surface area contributed by atoms with Crippen LogP contribution in [-0.2, 0) is 26.2 Å². The third-order valence-electron chi connectivity index (χ3n) is 6.52. The zero-order valence-electron chi connectivity index (χ0n) is 24.2. The normalized spacial score (nSPS) is 12.5. The molecule has 0 radical (unpaired) electrons. The zero-order valence-corrected chi connectivity index (χ0v) is 26.6. The SMILES string of the molecule is CCC(C(=O)NC(C)(C)C)N(Cc1c(Cl)cccc1Cl)C(=O)CN(c1cc(C)ccc1C)S(=O)(=O)c1ccccc1. The molecular weight excluding hydrogens is 581 g/mol. The molecule has 0 aromatic heterocycles. The number of halogens is 2. The number of rotatable bonds is 10. The molecule has 3 aromatic carbocycles.